The average Bonchev–Trinajstić information content (AvgIpc) is 2.70. The van der Waals surface area contributed by atoms with E-state index in [1.54, 1.807) is 0 Å². The molecule has 1 aliphatic rings. The van der Waals surface area contributed by atoms with Crippen molar-refractivity contribution < 1.29 is 9.90 Å². The number of amides is 1. The first-order valence-electron chi connectivity index (χ1n) is 8.88. The van der Waals surface area contributed by atoms with Gasteiger partial charge in [0.25, 0.3) is 0 Å². The van der Waals surface area contributed by atoms with E-state index in [0.29, 0.717) is 11.9 Å². The first-order valence-corrected chi connectivity index (χ1v) is 8.88. The first kappa shape index (κ1) is 18.5. The predicted octanol–water partition coefficient (Wildman–Crippen LogP) is 4.14. The fraction of sp³-hybridized carbons (Fsp3) is 0.944. The van der Waals surface area contributed by atoms with Crippen LogP contribution in [0.4, 0.5) is 0 Å². The lowest BCUT2D eigenvalue weighted by atomic mass is 9.92. The molecule has 0 aromatic heterocycles. The molecule has 0 unspecified atom stereocenters. The SMILES string of the molecule is CC(C)(C)C(=O)N(CCCCCCO)C1CCCCCC1. The Morgan fingerprint density at radius 1 is 1.00 bits per heavy atom. The number of unbranched alkanes of at least 4 members (excludes halogenated alkanes) is 3. The largest absolute Gasteiger partial charge is 0.396 e. The standard InChI is InChI=1S/C18H35NO2/c1-18(2,3)17(21)19(14-10-6-7-11-15-20)16-12-8-4-5-9-13-16/h16,20H,4-15H2,1-3H3. The average molecular weight is 297 g/mol. The number of carbonyl (C=O) groups excluding carboxylic acids is 1. The molecule has 0 aliphatic heterocycles. The van der Waals surface area contributed by atoms with E-state index in [2.05, 4.69) is 4.90 Å². The summed E-state index contributed by atoms with van der Waals surface area (Å²) in [6, 6.07) is 0.456. The summed E-state index contributed by atoms with van der Waals surface area (Å²) in [5, 5.41) is 8.84. The van der Waals surface area contributed by atoms with Crippen LogP contribution in [0, 0.1) is 5.41 Å². The van der Waals surface area contributed by atoms with Crippen LogP contribution in [0.3, 0.4) is 0 Å². The van der Waals surface area contributed by atoms with Crippen LogP contribution < -0.4 is 0 Å². The second kappa shape index (κ2) is 9.45. The zero-order valence-corrected chi connectivity index (χ0v) is 14.4. The van der Waals surface area contributed by atoms with Crippen LogP contribution in [0.5, 0.6) is 0 Å². The van der Waals surface area contributed by atoms with Crippen molar-refractivity contribution in [3.63, 3.8) is 0 Å². The predicted molar refractivity (Wildman–Crippen MR) is 88.2 cm³/mol. The molecule has 1 N–H and O–H groups in total. The third-order valence-corrected chi connectivity index (χ3v) is 4.48. The number of aliphatic hydroxyl groups excluding tert-OH is 1. The number of nitrogens with zero attached hydrogens (tertiary/aromatic N) is 1. The van der Waals surface area contributed by atoms with Crippen LogP contribution in [-0.2, 0) is 4.79 Å². The lowest BCUT2D eigenvalue weighted by Crippen LogP contribution is -2.46. The van der Waals surface area contributed by atoms with Crippen LogP contribution in [0.25, 0.3) is 0 Å². The number of carbonyl (C=O) groups is 1. The van der Waals surface area contributed by atoms with Gasteiger partial charge in [0.05, 0.1) is 0 Å². The molecule has 21 heavy (non-hydrogen) atoms. The summed E-state index contributed by atoms with van der Waals surface area (Å²) >= 11 is 0. The summed E-state index contributed by atoms with van der Waals surface area (Å²) in [7, 11) is 0. The molecule has 0 saturated heterocycles. The minimum Gasteiger partial charge on any atom is -0.396 e. The fourth-order valence-electron chi connectivity index (χ4n) is 3.20. The van der Waals surface area contributed by atoms with Crippen molar-refractivity contribution >= 4 is 5.91 Å². The molecule has 0 atom stereocenters. The number of hydrogen-bond acceptors (Lipinski definition) is 2. The summed E-state index contributed by atoms with van der Waals surface area (Å²) in [6.45, 7) is 7.28. The maximum Gasteiger partial charge on any atom is 0.228 e. The molecule has 1 amide bonds. The van der Waals surface area contributed by atoms with E-state index in [-0.39, 0.29) is 12.0 Å². The van der Waals surface area contributed by atoms with Gasteiger partial charge in [0.15, 0.2) is 0 Å². The Hall–Kier alpha value is -0.570. The highest BCUT2D eigenvalue weighted by atomic mass is 16.2. The molecule has 0 bridgehead atoms. The topological polar surface area (TPSA) is 40.5 Å². The summed E-state index contributed by atoms with van der Waals surface area (Å²) in [5.41, 5.74) is -0.280. The van der Waals surface area contributed by atoms with Crippen LogP contribution >= 0.6 is 0 Å². The smallest absolute Gasteiger partial charge is 0.228 e. The molecule has 1 fully saturated rings. The Balaban J connectivity index is 2.58. The van der Waals surface area contributed by atoms with Gasteiger partial charge in [-0.3, -0.25) is 4.79 Å². The molecule has 3 heteroatoms. The highest BCUT2D eigenvalue weighted by molar-refractivity contribution is 5.81. The molecule has 1 rings (SSSR count). The highest BCUT2D eigenvalue weighted by Gasteiger charge is 2.31. The summed E-state index contributed by atoms with van der Waals surface area (Å²) in [6.07, 6.45) is 11.7. The Bertz CT molecular complexity index is 288. The van der Waals surface area contributed by atoms with Gasteiger partial charge in [-0.05, 0) is 25.7 Å². The van der Waals surface area contributed by atoms with Crippen molar-refractivity contribution in [3.05, 3.63) is 0 Å². The lowest BCUT2D eigenvalue weighted by Gasteiger charge is -2.36. The van der Waals surface area contributed by atoms with E-state index in [1.807, 2.05) is 20.8 Å². The highest BCUT2D eigenvalue weighted by Crippen LogP contribution is 2.27. The summed E-state index contributed by atoms with van der Waals surface area (Å²) < 4.78 is 0. The van der Waals surface area contributed by atoms with Crippen LogP contribution in [-0.4, -0.2) is 35.1 Å². The minimum atomic E-state index is -0.280. The van der Waals surface area contributed by atoms with Crippen molar-refractivity contribution in [1.82, 2.24) is 4.90 Å². The van der Waals surface area contributed by atoms with Gasteiger partial charge < -0.3 is 10.0 Å². The molecule has 1 saturated carbocycles. The molecular formula is C18H35NO2. The monoisotopic (exact) mass is 297 g/mol. The second-order valence-corrected chi connectivity index (χ2v) is 7.53. The molecule has 0 radical (unpaired) electrons. The van der Waals surface area contributed by atoms with Crippen molar-refractivity contribution in [1.29, 1.82) is 0 Å². The minimum absolute atomic E-state index is 0.280. The molecule has 0 aromatic carbocycles. The maximum atomic E-state index is 12.8. The van der Waals surface area contributed by atoms with Gasteiger partial charge in [0, 0.05) is 24.6 Å². The summed E-state index contributed by atoms with van der Waals surface area (Å²) in [4.78, 5) is 15.0. The molecule has 0 aromatic rings. The van der Waals surface area contributed by atoms with Gasteiger partial charge in [-0.2, -0.15) is 0 Å². The van der Waals surface area contributed by atoms with Crippen LogP contribution in [0.1, 0.15) is 85.0 Å². The van der Waals surface area contributed by atoms with Gasteiger partial charge in [-0.25, -0.2) is 0 Å². The number of aliphatic hydroxyl groups is 1. The lowest BCUT2D eigenvalue weighted by molar-refractivity contribution is -0.142. The fourth-order valence-corrected chi connectivity index (χ4v) is 3.20. The Morgan fingerprint density at radius 3 is 2.10 bits per heavy atom. The normalized spacial score (nSPS) is 17.5. The molecule has 1 aliphatic carbocycles. The zero-order chi connectivity index (χ0) is 15.7. The molecule has 0 spiro atoms. The third kappa shape index (κ3) is 6.82. The van der Waals surface area contributed by atoms with Gasteiger partial charge in [-0.1, -0.05) is 59.3 Å². The van der Waals surface area contributed by atoms with Gasteiger partial charge in [0.2, 0.25) is 5.91 Å². The van der Waals surface area contributed by atoms with E-state index in [9.17, 15) is 4.79 Å². The van der Waals surface area contributed by atoms with Crippen molar-refractivity contribution in [2.45, 2.75) is 91.0 Å². The zero-order valence-electron chi connectivity index (χ0n) is 14.4. The van der Waals surface area contributed by atoms with Crippen LogP contribution in [0.15, 0.2) is 0 Å². The molecular weight excluding hydrogens is 262 g/mol. The van der Waals surface area contributed by atoms with E-state index in [4.69, 9.17) is 5.11 Å². The van der Waals surface area contributed by atoms with Crippen molar-refractivity contribution in [3.8, 4) is 0 Å². The summed E-state index contributed by atoms with van der Waals surface area (Å²) in [5.74, 6) is 0.316. The van der Waals surface area contributed by atoms with Crippen molar-refractivity contribution in [2.75, 3.05) is 13.2 Å². The van der Waals surface area contributed by atoms with Crippen molar-refractivity contribution in [2.24, 2.45) is 5.41 Å². The Labute approximate surface area is 131 Å². The number of rotatable bonds is 7. The van der Waals surface area contributed by atoms with E-state index in [1.165, 1.54) is 38.5 Å². The van der Waals surface area contributed by atoms with Gasteiger partial charge >= 0.3 is 0 Å². The van der Waals surface area contributed by atoms with Gasteiger partial charge in [-0.15, -0.1) is 0 Å². The molecule has 0 heterocycles. The Morgan fingerprint density at radius 2 is 1.57 bits per heavy atom. The second-order valence-electron chi connectivity index (χ2n) is 7.53. The van der Waals surface area contributed by atoms with E-state index in [0.717, 1.165) is 32.2 Å². The molecule has 3 nitrogen and oxygen atoms in total. The van der Waals surface area contributed by atoms with E-state index >= 15 is 0 Å². The van der Waals surface area contributed by atoms with Crippen LogP contribution in [0.2, 0.25) is 0 Å². The quantitative estimate of drug-likeness (QED) is 0.567. The van der Waals surface area contributed by atoms with E-state index < -0.39 is 0 Å². The Kier molecular flexibility index (Phi) is 8.31. The first-order chi connectivity index (χ1) is 9.96. The number of hydrogen-bond donors (Lipinski definition) is 1. The maximum absolute atomic E-state index is 12.8. The van der Waals surface area contributed by atoms with Gasteiger partial charge in [0.1, 0.15) is 0 Å². The molecule has 124 valence electrons. The third-order valence-electron chi connectivity index (χ3n) is 4.48.